The minimum absolute atomic E-state index is 0.0624. The summed E-state index contributed by atoms with van der Waals surface area (Å²) in [6.45, 7) is 0.571. The van der Waals surface area contributed by atoms with Crippen molar-refractivity contribution in [1.29, 1.82) is 0 Å². The van der Waals surface area contributed by atoms with Gasteiger partial charge in [-0.3, -0.25) is 9.89 Å². The summed E-state index contributed by atoms with van der Waals surface area (Å²) >= 11 is 0. The number of nitrogens with one attached hydrogen (secondary N) is 1. The van der Waals surface area contributed by atoms with Gasteiger partial charge in [-0.05, 0) is 42.5 Å². The third-order valence-electron chi connectivity index (χ3n) is 6.95. The van der Waals surface area contributed by atoms with Gasteiger partial charge in [0.15, 0.2) is 0 Å². The van der Waals surface area contributed by atoms with E-state index in [1.165, 1.54) is 0 Å². The Hall–Kier alpha value is -2.92. The highest BCUT2D eigenvalue weighted by Crippen LogP contribution is 2.47. The van der Waals surface area contributed by atoms with Crippen molar-refractivity contribution < 1.29 is 9.90 Å². The number of likely N-dealkylation sites (tertiary alicyclic amines) is 1. The first-order valence-corrected chi connectivity index (χ1v) is 10.8. The molecule has 5 heteroatoms. The number of carbonyl (C=O) groups is 1. The fourth-order valence-electron chi connectivity index (χ4n) is 5.43. The molecule has 0 spiro atoms. The molecule has 154 valence electrons. The summed E-state index contributed by atoms with van der Waals surface area (Å²) in [6, 6.07) is 17.8. The second-order valence-electron chi connectivity index (χ2n) is 8.56. The quantitative estimate of drug-likeness (QED) is 0.685. The first-order chi connectivity index (χ1) is 14.7. The molecule has 0 radical (unpaired) electrons. The van der Waals surface area contributed by atoms with Crippen molar-refractivity contribution in [3.05, 3.63) is 78.1 Å². The van der Waals surface area contributed by atoms with E-state index >= 15 is 0 Å². The predicted octanol–water partition coefficient (Wildman–Crippen LogP) is 4.37. The van der Waals surface area contributed by atoms with Gasteiger partial charge in [0.25, 0.3) is 5.91 Å². The van der Waals surface area contributed by atoms with Crippen molar-refractivity contribution in [3.63, 3.8) is 0 Å². The highest BCUT2D eigenvalue weighted by Gasteiger charge is 2.50. The van der Waals surface area contributed by atoms with E-state index in [1.54, 1.807) is 6.20 Å². The van der Waals surface area contributed by atoms with E-state index in [4.69, 9.17) is 0 Å². The Morgan fingerprint density at radius 1 is 1.07 bits per heavy atom. The van der Waals surface area contributed by atoms with Crippen LogP contribution < -0.4 is 0 Å². The molecule has 1 aromatic heterocycles. The van der Waals surface area contributed by atoms with Crippen LogP contribution in [0.4, 0.5) is 0 Å². The molecule has 2 aliphatic rings. The normalized spacial score (nSPS) is 26.2. The molecule has 30 heavy (non-hydrogen) atoms. The Morgan fingerprint density at radius 3 is 2.70 bits per heavy atom. The van der Waals surface area contributed by atoms with Gasteiger partial charge >= 0.3 is 0 Å². The first-order valence-electron chi connectivity index (χ1n) is 10.8. The number of benzene rings is 2. The maximum absolute atomic E-state index is 13.5. The highest BCUT2D eigenvalue weighted by molar-refractivity contribution is 5.95. The summed E-state index contributed by atoms with van der Waals surface area (Å²) in [7, 11) is 0. The number of fused-ring (bicyclic) bond motifs is 1. The van der Waals surface area contributed by atoms with Crippen LogP contribution in [0.1, 0.15) is 48.0 Å². The van der Waals surface area contributed by atoms with E-state index in [1.807, 2.05) is 65.7 Å². The summed E-state index contributed by atoms with van der Waals surface area (Å²) in [6.07, 6.45) is 8.29. The number of nitrogens with zero attached hydrogens (tertiary/aromatic N) is 2. The van der Waals surface area contributed by atoms with Gasteiger partial charge in [0.1, 0.15) is 0 Å². The average molecular weight is 402 g/mol. The van der Waals surface area contributed by atoms with Crippen LogP contribution in [0.15, 0.2) is 67.0 Å². The molecular weight excluding hydrogens is 374 g/mol. The number of hydrogen-bond acceptors (Lipinski definition) is 3. The molecule has 3 aromatic rings. The molecule has 0 bridgehead atoms. The molecule has 0 unspecified atom stereocenters. The smallest absolute Gasteiger partial charge is 0.254 e. The molecule has 1 saturated carbocycles. The van der Waals surface area contributed by atoms with Gasteiger partial charge in [0.2, 0.25) is 0 Å². The molecule has 2 fully saturated rings. The van der Waals surface area contributed by atoms with Crippen LogP contribution >= 0.6 is 0 Å². The van der Waals surface area contributed by atoms with Gasteiger partial charge in [0, 0.05) is 35.8 Å². The lowest BCUT2D eigenvalue weighted by Gasteiger charge is -2.52. The van der Waals surface area contributed by atoms with Crippen LogP contribution in [0, 0.1) is 5.92 Å². The lowest BCUT2D eigenvalue weighted by molar-refractivity contribution is -0.110. The second kappa shape index (κ2) is 7.73. The summed E-state index contributed by atoms with van der Waals surface area (Å²) in [5, 5.41) is 18.6. The number of rotatable bonds is 3. The van der Waals surface area contributed by atoms with E-state index in [2.05, 4.69) is 10.2 Å². The lowest BCUT2D eigenvalue weighted by Crippen LogP contribution is -2.59. The molecule has 5 nitrogen and oxygen atoms in total. The van der Waals surface area contributed by atoms with E-state index in [0.29, 0.717) is 18.5 Å². The van der Waals surface area contributed by atoms with Crippen LogP contribution in [0.5, 0.6) is 0 Å². The van der Waals surface area contributed by atoms with Crippen molar-refractivity contribution in [2.45, 2.75) is 43.7 Å². The number of aliphatic hydroxyl groups is 1. The number of piperidine rings is 1. The summed E-state index contributed by atoms with van der Waals surface area (Å²) < 4.78 is 0. The fraction of sp³-hybridized carbons (Fsp3) is 0.360. The molecule has 2 aromatic carbocycles. The fourth-order valence-corrected chi connectivity index (χ4v) is 5.43. The van der Waals surface area contributed by atoms with Crippen LogP contribution in [0.2, 0.25) is 0 Å². The Balaban J connectivity index is 1.45. The Labute approximate surface area is 176 Å². The zero-order valence-corrected chi connectivity index (χ0v) is 17.0. The molecule has 5 rings (SSSR count). The van der Waals surface area contributed by atoms with Crippen LogP contribution in [0.3, 0.4) is 0 Å². The standard InChI is InChI=1S/C25H27N3O2/c29-24(19-8-6-7-18(15-19)20-16-26-27-17-20)28-14-13-25(30,21-9-2-1-3-10-21)22-11-4-5-12-23(22)28/h1-3,6-10,15-17,22-23,30H,4-5,11-14H2,(H,26,27)/t22-,23+,25+/m0/s1. The van der Waals surface area contributed by atoms with Gasteiger partial charge in [-0.1, -0.05) is 55.3 Å². The number of aromatic nitrogens is 2. The maximum Gasteiger partial charge on any atom is 0.254 e. The van der Waals surface area contributed by atoms with Crippen molar-refractivity contribution in [2.75, 3.05) is 6.54 Å². The van der Waals surface area contributed by atoms with E-state index in [9.17, 15) is 9.90 Å². The highest BCUT2D eigenvalue weighted by atomic mass is 16.3. The van der Waals surface area contributed by atoms with Gasteiger partial charge in [-0.25, -0.2) is 0 Å². The largest absolute Gasteiger partial charge is 0.385 e. The Morgan fingerprint density at radius 2 is 1.90 bits per heavy atom. The third kappa shape index (κ3) is 3.23. The molecule has 1 amide bonds. The topological polar surface area (TPSA) is 69.2 Å². The van der Waals surface area contributed by atoms with Crippen molar-refractivity contribution in [1.82, 2.24) is 15.1 Å². The zero-order chi connectivity index (χ0) is 20.6. The van der Waals surface area contributed by atoms with Crippen molar-refractivity contribution >= 4 is 5.91 Å². The molecule has 3 atom stereocenters. The molecule has 1 aliphatic carbocycles. The summed E-state index contributed by atoms with van der Waals surface area (Å²) in [5.41, 5.74) is 2.77. The zero-order valence-electron chi connectivity index (χ0n) is 17.0. The lowest BCUT2D eigenvalue weighted by atomic mass is 9.66. The van der Waals surface area contributed by atoms with E-state index in [0.717, 1.165) is 42.4 Å². The minimum Gasteiger partial charge on any atom is -0.385 e. The summed E-state index contributed by atoms with van der Waals surface area (Å²) in [5.74, 6) is 0.135. The SMILES string of the molecule is O=C(c1cccc(-c2cn[nH]c2)c1)N1CC[C@@](O)(c2ccccc2)[C@H]2CCCC[C@H]21. The van der Waals surface area contributed by atoms with Gasteiger partial charge in [0.05, 0.1) is 11.8 Å². The number of aromatic amines is 1. The third-order valence-corrected chi connectivity index (χ3v) is 6.95. The maximum atomic E-state index is 13.5. The Kier molecular flexibility index (Phi) is 4.91. The van der Waals surface area contributed by atoms with Gasteiger partial charge < -0.3 is 10.0 Å². The number of H-pyrrole nitrogens is 1. The van der Waals surface area contributed by atoms with Gasteiger partial charge in [-0.2, -0.15) is 5.10 Å². The van der Waals surface area contributed by atoms with Gasteiger partial charge in [-0.15, -0.1) is 0 Å². The molecular formula is C25H27N3O2. The van der Waals surface area contributed by atoms with Crippen LogP contribution in [-0.4, -0.2) is 38.7 Å². The monoisotopic (exact) mass is 401 g/mol. The number of carbonyl (C=O) groups excluding carboxylic acids is 1. The summed E-state index contributed by atoms with van der Waals surface area (Å²) in [4.78, 5) is 15.6. The van der Waals surface area contributed by atoms with E-state index < -0.39 is 5.60 Å². The molecule has 2 heterocycles. The van der Waals surface area contributed by atoms with Crippen molar-refractivity contribution in [2.24, 2.45) is 5.92 Å². The predicted molar refractivity (Wildman–Crippen MR) is 116 cm³/mol. The van der Waals surface area contributed by atoms with Crippen LogP contribution in [-0.2, 0) is 5.60 Å². The number of hydrogen-bond donors (Lipinski definition) is 2. The van der Waals surface area contributed by atoms with E-state index in [-0.39, 0.29) is 17.9 Å². The first kappa shape index (κ1) is 19.1. The van der Waals surface area contributed by atoms with Crippen molar-refractivity contribution in [3.8, 4) is 11.1 Å². The molecule has 2 N–H and O–H groups in total. The van der Waals surface area contributed by atoms with Crippen LogP contribution in [0.25, 0.3) is 11.1 Å². The molecule has 1 aliphatic heterocycles. The molecule has 1 saturated heterocycles. The second-order valence-corrected chi connectivity index (χ2v) is 8.56. The number of amides is 1. The minimum atomic E-state index is -0.859. The Bertz CT molecular complexity index is 1020. The average Bonchev–Trinajstić information content (AvgIpc) is 3.35.